The van der Waals surface area contributed by atoms with Crippen molar-refractivity contribution in [3.05, 3.63) is 89.5 Å². The van der Waals surface area contributed by atoms with Gasteiger partial charge < -0.3 is 0 Å². The van der Waals surface area contributed by atoms with Crippen molar-refractivity contribution in [3.8, 4) is 0 Å². The lowest BCUT2D eigenvalue weighted by molar-refractivity contribution is 0.253. The number of rotatable bonds is 3. The number of fused-ring (bicyclic) bond motifs is 1. The molecule has 0 N–H and O–H groups in total. The van der Waals surface area contributed by atoms with Crippen LogP contribution in [0.5, 0.6) is 0 Å². The molecular formula is C22H20N2O3S. The third kappa shape index (κ3) is 3.05. The summed E-state index contributed by atoms with van der Waals surface area (Å²) in [5.74, 6) is 0. The Labute approximate surface area is 164 Å². The molecule has 0 unspecified atom stereocenters. The fourth-order valence-corrected chi connectivity index (χ4v) is 4.98. The molecule has 5 nitrogen and oxygen atoms in total. The Hall–Kier alpha value is -3.12. The Bertz CT molecular complexity index is 1150. The summed E-state index contributed by atoms with van der Waals surface area (Å²) in [4.78, 5) is 15.0. The van der Waals surface area contributed by atoms with E-state index in [4.69, 9.17) is 0 Å². The molecule has 0 radical (unpaired) electrons. The number of para-hydroxylation sites is 1. The van der Waals surface area contributed by atoms with Crippen LogP contribution in [0.3, 0.4) is 0 Å². The van der Waals surface area contributed by atoms with Crippen LogP contribution in [0.1, 0.15) is 16.7 Å². The van der Waals surface area contributed by atoms with Crippen molar-refractivity contribution < 1.29 is 13.2 Å². The van der Waals surface area contributed by atoms with E-state index >= 15 is 0 Å². The lowest BCUT2D eigenvalue weighted by Gasteiger charge is -2.36. The quantitative estimate of drug-likeness (QED) is 0.652. The average molecular weight is 392 g/mol. The smallest absolute Gasteiger partial charge is 0.287 e. The summed E-state index contributed by atoms with van der Waals surface area (Å²) in [6.45, 7) is 4.18. The van der Waals surface area contributed by atoms with E-state index in [-0.39, 0.29) is 11.4 Å². The number of amides is 2. The highest BCUT2D eigenvalue weighted by molar-refractivity contribution is 7.94. The molecule has 0 atom stereocenters. The molecule has 142 valence electrons. The number of sulfonamides is 1. The fourth-order valence-electron chi connectivity index (χ4n) is 3.39. The predicted molar refractivity (Wildman–Crippen MR) is 110 cm³/mol. The maximum absolute atomic E-state index is 13.4. The van der Waals surface area contributed by atoms with Crippen molar-refractivity contribution in [1.82, 2.24) is 0 Å². The lowest BCUT2D eigenvalue weighted by Crippen LogP contribution is -2.50. The van der Waals surface area contributed by atoms with Gasteiger partial charge in [-0.2, -0.15) is 4.31 Å². The van der Waals surface area contributed by atoms with Crippen LogP contribution in [-0.4, -0.2) is 14.4 Å². The zero-order chi connectivity index (χ0) is 19.9. The van der Waals surface area contributed by atoms with Gasteiger partial charge in [0.1, 0.15) is 4.90 Å². The predicted octanol–water partition coefficient (Wildman–Crippen LogP) is 4.64. The van der Waals surface area contributed by atoms with Gasteiger partial charge >= 0.3 is 6.03 Å². The van der Waals surface area contributed by atoms with Crippen molar-refractivity contribution in [1.29, 1.82) is 0 Å². The van der Waals surface area contributed by atoms with Crippen LogP contribution in [-0.2, 0) is 16.6 Å². The monoisotopic (exact) mass is 392 g/mol. The summed E-state index contributed by atoms with van der Waals surface area (Å²) in [5, 5.41) is 0. The number of hydrogen-bond donors (Lipinski definition) is 0. The molecule has 6 heteroatoms. The van der Waals surface area contributed by atoms with E-state index in [1.165, 1.54) is 4.90 Å². The van der Waals surface area contributed by atoms with Gasteiger partial charge in [-0.1, -0.05) is 59.7 Å². The molecular weight excluding hydrogens is 372 g/mol. The molecule has 1 heterocycles. The zero-order valence-corrected chi connectivity index (χ0v) is 16.5. The van der Waals surface area contributed by atoms with E-state index in [0.717, 1.165) is 21.0 Å². The molecule has 2 amide bonds. The second-order valence-corrected chi connectivity index (χ2v) is 8.69. The van der Waals surface area contributed by atoms with Gasteiger partial charge in [-0.05, 0) is 43.7 Å². The van der Waals surface area contributed by atoms with E-state index in [1.54, 1.807) is 48.5 Å². The Balaban J connectivity index is 1.86. The second-order valence-electron chi connectivity index (χ2n) is 6.93. The van der Waals surface area contributed by atoms with Crippen LogP contribution in [0, 0.1) is 13.8 Å². The zero-order valence-electron chi connectivity index (χ0n) is 15.7. The van der Waals surface area contributed by atoms with Gasteiger partial charge in [0.05, 0.1) is 17.9 Å². The standard InChI is InChI=1S/C22H20N2O3S/c1-16-10-12-19(13-11-16)24-22(25)23(15-18-7-5-6-17(2)14-18)20-8-3-4-9-21(20)28(24,26)27/h3-14H,15H2,1-2H3. The summed E-state index contributed by atoms with van der Waals surface area (Å²) in [5.41, 5.74) is 3.74. The highest BCUT2D eigenvalue weighted by atomic mass is 32.2. The van der Waals surface area contributed by atoms with Crippen molar-refractivity contribution >= 4 is 27.4 Å². The van der Waals surface area contributed by atoms with Gasteiger partial charge in [0, 0.05) is 0 Å². The van der Waals surface area contributed by atoms with Crippen LogP contribution in [0.25, 0.3) is 0 Å². The number of benzene rings is 3. The highest BCUT2D eigenvalue weighted by Crippen LogP contribution is 2.37. The average Bonchev–Trinajstić information content (AvgIpc) is 2.67. The third-order valence-corrected chi connectivity index (χ3v) is 6.52. The summed E-state index contributed by atoms with van der Waals surface area (Å²) in [6, 6.07) is 20.8. The third-order valence-electron chi connectivity index (χ3n) is 4.77. The molecule has 3 aromatic carbocycles. The number of aryl methyl sites for hydroxylation is 2. The van der Waals surface area contributed by atoms with Crippen molar-refractivity contribution in [2.45, 2.75) is 25.3 Å². The van der Waals surface area contributed by atoms with E-state index < -0.39 is 16.1 Å². The Morgan fingerprint density at radius 3 is 2.25 bits per heavy atom. The largest absolute Gasteiger partial charge is 0.343 e. The van der Waals surface area contributed by atoms with Gasteiger partial charge in [0.2, 0.25) is 0 Å². The molecule has 4 rings (SSSR count). The molecule has 0 saturated carbocycles. The molecule has 0 aliphatic carbocycles. The van der Waals surface area contributed by atoms with E-state index in [9.17, 15) is 13.2 Å². The Morgan fingerprint density at radius 2 is 1.54 bits per heavy atom. The molecule has 0 bridgehead atoms. The minimum Gasteiger partial charge on any atom is -0.287 e. The minimum absolute atomic E-state index is 0.128. The highest BCUT2D eigenvalue weighted by Gasteiger charge is 2.42. The van der Waals surface area contributed by atoms with Gasteiger partial charge in [-0.15, -0.1) is 0 Å². The Kier molecular flexibility index (Phi) is 4.43. The summed E-state index contributed by atoms with van der Waals surface area (Å²) in [6.07, 6.45) is 0. The first kappa shape index (κ1) is 18.3. The molecule has 1 aliphatic heterocycles. The number of nitrogens with zero attached hydrogens (tertiary/aromatic N) is 2. The van der Waals surface area contributed by atoms with E-state index in [2.05, 4.69) is 0 Å². The first-order valence-electron chi connectivity index (χ1n) is 8.96. The van der Waals surface area contributed by atoms with E-state index in [1.807, 2.05) is 38.1 Å². The normalized spacial score (nSPS) is 15.4. The molecule has 0 saturated heterocycles. The molecule has 3 aromatic rings. The van der Waals surface area contributed by atoms with Crippen LogP contribution in [0.4, 0.5) is 16.2 Å². The maximum atomic E-state index is 13.4. The van der Waals surface area contributed by atoms with Crippen LogP contribution >= 0.6 is 0 Å². The van der Waals surface area contributed by atoms with Gasteiger partial charge in [0.15, 0.2) is 0 Å². The molecule has 0 fully saturated rings. The van der Waals surface area contributed by atoms with Crippen molar-refractivity contribution in [2.24, 2.45) is 0 Å². The number of hydrogen-bond acceptors (Lipinski definition) is 3. The Morgan fingerprint density at radius 1 is 0.821 bits per heavy atom. The van der Waals surface area contributed by atoms with Crippen molar-refractivity contribution in [3.63, 3.8) is 0 Å². The summed E-state index contributed by atoms with van der Waals surface area (Å²) in [7, 11) is -3.99. The minimum atomic E-state index is -3.99. The molecule has 28 heavy (non-hydrogen) atoms. The molecule has 0 aromatic heterocycles. The first-order chi connectivity index (χ1) is 13.4. The number of urea groups is 1. The topological polar surface area (TPSA) is 57.7 Å². The van der Waals surface area contributed by atoms with Gasteiger partial charge in [0.25, 0.3) is 10.0 Å². The summed E-state index contributed by atoms with van der Waals surface area (Å²) >= 11 is 0. The number of carbonyl (C=O) groups is 1. The first-order valence-corrected chi connectivity index (χ1v) is 10.4. The molecule has 1 aliphatic rings. The lowest BCUT2D eigenvalue weighted by atomic mass is 10.1. The second kappa shape index (κ2) is 6.80. The van der Waals surface area contributed by atoms with Crippen LogP contribution in [0.2, 0.25) is 0 Å². The van der Waals surface area contributed by atoms with Gasteiger partial charge in [-0.3, -0.25) is 4.90 Å². The van der Waals surface area contributed by atoms with Crippen LogP contribution in [0.15, 0.2) is 77.7 Å². The maximum Gasteiger partial charge on any atom is 0.343 e. The van der Waals surface area contributed by atoms with E-state index in [0.29, 0.717) is 11.4 Å². The number of anilines is 2. The van der Waals surface area contributed by atoms with Crippen molar-refractivity contribution in [2.75, 3.05) is 9.21 Å². The van der Waals surface area contributed by atoms with Gasteiger partial charge in [-0.25, -0.2) is 13.2 Å². The SMILES string of the molecule is Cc1ccc(N2C(=O)N(Cc3cccc(C)c3)c3ccccc3S2(=O)=O)cc1. The summed E-state index contributed by atoms with van der Waals surface area (Å²) < 4.78 is 27.4. The molecule has 0 spiro atoms. The number of carbonyl (C=O) groups excluding carboxylic acids is 1. The van der Waals surface area contributed by atoms with Crippen LogP contribution < -0.4 is 9.21 Å². The fraction of sp³-hybridized carbons (Fsp3) is 0.136.